The van der Waals surface area contributed by atoms with Crippen molar-refractivity contribution in [2.75, 3.05) is 6.61 Å². The maximum atomic E-state index is 10.2. The number of carboxylic acid groups (broad SMARTS) is 1. The molecule has 0 heterocycles. The van der Waals surface area contributed by atoms with Gasteiger partial charge in [-0.1, -0.05) is 15.9 Å². The molecule has 1 aromatic carbocycles. The van der Waals surface area contributed by atoms with E-state index in [0.29, 0.717) is 5.75 Å². The van der Waals surface area contributed by atoms with Crippen LogP contribution in [0.1, 0.15) is 0 Å². The number of aliphatic hydroxyl groups excluding tert-OH is 1. The third kappa shape index (κ3) is 3.35. The first-order chi connectivity index (χ1) is 6.59. The lowest BCUT2D eigenvalue weighted by molar-refractivity contribution is -0.148. The largest absolute Gasteiger partial charge is 0.490 e. The van der Waals surface area contributed by atoms with E-state index in [9.17, 15) is 4.79 Å². The molecule has 0 aliphatic rings. The predicted octanol–water partition coefficient (Wildman–Crippen LogP) is 1.27. The molecular weight excluding hydrogens is 252 g/mol. The molecule has 0 unspecified atom stereocenters. The van der Waals surface area contributed by atoms with E-state index in [1.54, 1.807) is 24.3 Å². The van der Waals surface area contributed by atoms with Crippen LogP contribution in [0.15, 0.2) is 28.7 Å². The lowest BCUT2D eigenvalue weighted by atomic mass is 10.3. The van der Waals surface area contributed by atoms with Gasteiger partial charge >= 0.3 is 5.97 Å². The van der Waals surface area contributed by atoms with Crippen LogP contribution in [0.5, 0.6) is 5.75 Å². The highest BCUT2D eigenvalue weighted by Crippen LogP contribution is 2.16. The average molecular weight is 261 g/mol. The fourth-order valence-electron chi connectivity index (χ4n) is 0.777. The SMILES string of the molecule is O=C(O)[C@H](O)COc1ccc(Br)cc1. The molecular formula is C9H9BrO4. The molecule has 0 spiro atoms. The summed E-state index contributed by atoms with van der Waals surface area (Å²) in [7, 11) is 0. The number of carboxylic acids is 1. The summed E-state index contributed by atoms with van der Waals surface area (Å²) in [5.41, 5.74) is 0. The fraction of sp³-hybridized carbons (Fsp3) is 0.222. The molecule has 0 aliphatic heterocycles. The zero-order valence-corrected chi connectivity index (χ0v) is 8.77. The topological polar surface area (TPSA) is 66.8 Å². The van der Waals surface area contributed by atoms with Crippen molar-refractivity contribution in [3.05, 3.63) is 28.7 Å². The number of aliphatic hydroxyl groups is 1. The molecule has 0 radical (unpaired) electrons. The van der Waals surface area contributed by atoms with Crippen LogP contribution in [-0.2, 0) is 4.79 Å². The monoisotopic (exact) mass is 260 g/mol. The van der Waals surface area contributed by atoms with Crippen molar-refractivity contribution in [2.24, 2.45) is 0 Å². The number of benzene rings is 1. The molecule has 0 bridgehead atoms. The summed E-state index contributed by atoms with van der Waals surface area (Å²) in [6.45, 7) is -0.253. The Labute approximate surface area is 89.3 Å². The van der Waals surface area contributed by atoms with Crippen LogP contribution < -0.4 is 4.74 Å². The van der Waals surface area contributed by atoms with Gasteiger partial charge in [-0.15, -0.1) is 0 Å². The first-order valence-electron chi connectivity index (χ1n) is 3.89. The van der Waals surface area contributed by atoms with E-state index in [-0.39, 0.29) is 6.61 Å². The van der Waals surface area contributed by atoms with Crippen LogP contribution in [0.2, 0.25) is 0 Å². The standard InChI is InChI=1S/C9H9BrO4/c10-6-1-3-7(4-2-6)14-5-8(11)9(12)13/h1-4,8,11H,5H2,(H,12,13)/t8-/m1/s1. The summed E-state index contributed by atoms with van der Waals surface area (Å²) in [4.78, 5) is 10.2. The van der Waals surface area contributed by atoms with Crippen LogP contribution in [-0.4, -0.2) is 28.9 Å². The summed E-state index contributed by atoms with van der Waals surface area (Å²) >= 11 is 3.25. The average Bonchev–Trinajstić information content (AvgIpc) is 2.16. The molecule has 1 aromatic rings. The number of hydrogen-bond acceptors (Lipinski definition) is 3. The van der Waals surface area contributed by atoms with E-state index in [0.717, 1.165) is 4.47 Å². The molecule has 14 heavy (non-hydrogen) atoms. The molecule has 5 heteroatoms. The van der Waals surface area contributed by atoms with E-state index in [1.807, 2.05) is 0 Å². The Morgan fingerprint density at radius 1 is 1.43 bits per heavy atom. The van der Waals surface area contributed by atoms with Crippen molar-refractivity contribution in [3.8, 4) is 5.75 Å². The van der Waals surface area contributed by atoms with Crippen LogP contribution in [0.4, 0.5) is 0 Å². The minimum Gasteiger partial charge on any atom is -0.490 e. The molecule has 4 nitrogen and oxygen atoms in total. The van der Waals surface area contributed by atoms with Crippen LogP contribution in [0, 0.1) is 0 Å². The summed E-state index contributed by atoms with van der Waals surface area (Å²) in [5, 5.41) is 17.3. The third-order valence-electron chi connectivity index (χ3n) is 1.51. The van der Waals surface area contributed by atoms with E-state index >= 15 is 0 Å². The zero-order chi connectivity index (χ0) is 10.6. The van der Waals surface area contributed by atoms with Gasteiger partial charge in [0, 0.05) is 4.47 Å². The molecule has 0 aliphatic carbocycles. The Kier molecular flexibility index (Phi) is 3.91. The highest BCUT2D eigenvalue weighted by atomic mass is 79.9. The van der Waals surface area contributed by atoms with E-state index in [1.165, 1.54) is 0 Å². The van der Waals surface area contributed by atoms with Gasteiger partial charge in [-0.3, -0.25) is 0 Å². The Morgan fingerprint density at radius 3 is 2.50 bits per heavy atom. The lowest BCUT2D eigenvalue weighted by Crippen LogP contribution is -2.26. The van der Waals surface area contributed by atoms with Crippen molar-refractivity contribution in [1.29, 1.82) is 0 Å². The lowest BCUT2D eigenvalue weighted by Gasteiger charge is -2.08. The van der Waals surface area contributed by atoms with E-state index < -0.39 is 12.1 Å². The molecule has 1 rings (SSSR count). The van der Waals surface area contributed by atoms with Crippen LogP contribution in [0.25, 0.3) is 0 Å². The third-order valence-corrected chi connectivity index (χ3v) is 2.04. The van der Waals surface area contributed by atoms with Gasteiger partial charge in [0.1, 0.15) is 12.4 Å². The summed E-state index contributed by atoms with van der Waals surface area (Å²) in [5.74, 6) is -0.768. The van der Waals surface area contributed by atoms with Gasteiger partial charge in [-0.05, 0) is 24.3 Å². The minimum atomic E-state index is -1.49. The number of ether oxygens (including phenoxy) is 1. The highest BCUT2D eigenvalue weighted by Gasteiger charge is 2.13. The quantitative estimate of drug-likeness (QED) is 0.856. The van der Waals surface area contributed by atoms with Crippen molar-refractivity contribution < 1.29 is 19.7 Å². The predicted molar refractivity (Wildman–Crippen MR) is 53.3 cm³/mol. The number of aliphatic carboxylic acids is 1. The zero-order valence-electron chi connectivity index (χ0n) is 7.18. The molecule has 0 saturated carbocycles. The Bertz CT molecular complexity index is 309. The van der Waals surface area contributed by atoms with Gasteiger partial charge in [-0.25, -0.2) is 4.79 Å². The van der Waals surface area contributed by atoms with Crippen LogP contribution >= 0.6 is 15.9 Å². The first kappa shape index (κ1) is 11.0. The summed E-state index contributed by atoms with van der Waals surface area (Å²) < 4.78 is 5.94. The normalized spacial score (nSPS) is 12.1. The van der Waals surface area contributed by atoms with E-state index in [4.69, 9.17) is 14.9 Å². The second kappa shape index (κ2) is 4.97. The van der Waals surface area contributed by atoms with Crippen molar-refractivity contribution >= 4 is 21.9 Å². The van der Waals surface area contributed by atoms with E-state index in [2.05, 4.69) is 15.9 Å². The van der Waals surface area contributed by atoms with Gasteiger partial charge in [0.2, 0.25) is 0 Å². The Morgan fingerprint density at radius 2 is 2.00 bits per heavy atom. The fourth-order valence-corrected chi connectivity index (χ4v) is 1.04. The minimum absolute atomic E-state index is 0.253. The first-order valence-corrected chi connectivity index (χ1v) is 4.68. The molecule has 0 fully saturated rings. The summed E-state index contributed by atoms with van der Waals surface area (Å²) in [6.07, 6.45) is -1.49. The molecule has 0 amide bonds. The highest BCUT2D eigenvalue weighted by molar-refractivity contribution is 9.10. The van der Waals surface area contributed by atoms with Gasteiger partial charge in [0.05, 0.1) is 0 Å². The molecule has 1 atom stereocenters. The van der Waals surface area contributed by atoms with Crippen molar-refractivity contribution in [2.45, 2.75) is 6.10 Å². The van der Waals surface area contributed by atoms with Gasteiger partial charge in [-0.2, -0.15) is 0 Å². The molecule has 76 valence electrons. The number of halogens is 1. The van der Waals surface area contributed by atoms with Gasteiger partial charge < -0.3 is 14.9 Å². The number of rotatable bonds is 4. The second-order valence-electron chi connectivity index (χ2n) is 2.62. The van der Waals surface area contributed by atoms with Crippen LogP contribution in [0.3, 0.4) is 0 Å². The Balaban J connectivity index is 2.46. The number of carbonyl (C=O) groups is 1. The summed E-state index contributed by atoms with van der Waals surface area (Å²) in [6, 6.07) is 6.89. The second-order valence-corrected chi connectivity index (χ2v) is 3.53. The Hall–Kier alpha value is -1.07. The van der Waals surface area contributed by atoms with Crippen molar-refractivity contribution in [3.63, 3.8) is 0 Å². The molecule has 0 aromatic heterocycles. The van der Waals surface area contributed by atoms with Gasteiger partial charge in [0.25, 0.3) is 0 Å². The van der Waals surface area contributed by atoms with Crippen molar-refractivity contribution in [1.82, 2.24) is 0 Å². The molecule has 0 saturated heterocycles. The van der Waals surface area contributed by atoms with Gasteiger partial charge in [0.15, 0.2) is 6.10 Å². The number of hydrogen-bond donors (Lipinski definition) is 2. The molecule has 2 N–H and O–H groups in total. The maximum Gasteiger partial charge on any atom is 0.336 e. The smallest absolute Gasteiger partial charge is 0.336 e. The maximum absolute atomic E-state index is 10.2.